The molecule has 1 fully saturated rings. The van der Waals surface area contributed by atoms with E-state index in [0.29, 0.717) is 6.04 Å². The van der Waals surface area contributed by atoms with Crippen molar-refractivity contribution in [1.82, 2.24) is 4.90 Å². The van der Waals surface area contributed by atoms with E-state index in [9.17, 15) is 13.2 Å². The normalized spacial score (nSPS) is 15.4. The van der Waals surface area contributed by atoms with Gasteiger partial charge in [0, 0.05) is 18.3 Å². The number of nitrogens with one attached hydrogen (secondary N) is 1. The molecule has 7 heteroatoms. The number of rotatable bonds is 7. The van der Waals surface area contributed by atoms with E-state index in [1.165, 1.54) is 44.2 Å². The number of amides is 1. The maximum Gasteiger partial charge on any atom is 0.238 e. The molecule has 3 N–H and O–H groups in total. The zero-order chi connectivity index (χ0) is 20.9. The van der Waals surface area contributed by atoms with Crippen molar-refractivity contribution < 1.29 is 13.2 Å². The van der Waals surface area contributed by atoms with Crippen LogP contribution in [-0.4, -0.2) is 32.3 Å². The molecule has 0 bridgehead atoms. The summed E-state index contributed by atoms with van der Waals surface area (Å²) in [6.07, 6.45) is 6.54. The molecule has 2 aromatic rings. The minimum atomic E-state index is -3.73. The highest BCUT2D eigenvalue weighted by Gasteiger charge is 2.19. The predicted octanol–water partition coefficient (Wildman–Crippen LogP) is 3.28. The fourth-order valence-electron chi connectivity index (χ4n) is 3.88. The average molecular weight is 416 g/mol. The van der Waals surface area contributed by atoms with Gasteiger partial charge in [0.25, 0.3) is 0 Å². The first-order valence-electron chi connectivity index (χ1n) is 10.0. The van der Waals surface area contributed by atoms with E-state index >= 15 is 0 Å². The lowest BCUT2D eigenvalue weighted by atomic mass is 9.94. The molecule has 0 saturated heterocycles. The van der Waals surface area contributed by atoms with Crippen molar-refractivity contribution in [3.63, 3.8) is 0 Å². The first-order valence-corrected chi connectivity index (χ1v) is 11.6. The number of carbonyl (C=O) groups excluding carboxylic acids is 1. The number of carbonyl (C=O) groups is 1. The van der Waals surface area contributed by atoms with Crippen LogP contribution >= 0.6 is 0 Å². The van der Waals surface area contributed by atoms with Crippen molar-refractivity contribution in [2.75, 3.05) is 12.4 Å². The summed E-state index contributed by atoms with van der Waals surface area (Å²) < 4.78 is 22.7. The number of para-hydroxylation sites is 1. The standard InChI is InChI=1S/C22H29N3O3S/c1-25(19-8-3-2-4-9-19)16-18-7-5-6-10-21(18)24-22(26)15-17-11-13-20(14-12-17)29(23,27)28/h5-7,10-14,19H,2-4,8-9,15-16H2,1H3,(H,24,26)(H2,23,27,28). The Kier molecular flexibility index (Phi) is 7.05. The number of sulfonamides is 1. The highest BCUT2D eigenvalue weighted by atomic mass is 32.2. The van der Waals surface area contributed by atoms with Crippen molar-refractivity contribution in [2.45, 2.75) is 56.0 Å². The third kappa shape index (κ3) is 6.13. The largest absolute Gasteiger partial charge is 0.325 e. The number of primary sulfonamides is 1. The smallest absolute Gasteiger partial charge is 0.238 e. The lowest BCUT2D eigenvalue weighted by Crippen LogP contribution is -2.33. The third-order valence-electron chi connectivity index (χ3n) is 5.53. The molecule has 0 aromatic heterocycles. The molecule has 0 atom stereocenters. The molecule has 29 heavy (non-hydrogen) atoms. The van der Waals surface area contributed by atoms with Crippen LogP contribution < -0.4 is 10.5 Å². The van der Waals surface area contributed by atoms with Gasteiger partial charge < -0.3 is 5.32 Å². The molecule has 0 aliphatic heterocycles. The van der Waals surface area contributed by atoms with Crippen molar-refractivity contribution in [2.24, 2.45) is 5.14 Å². The van der Waals surface area contributed by atoms with Gasteiger partial charge in [0.15, 0.2) is 0 Å². The Morgan fingerprint density at radius 3 is 2.38 bits per heavy atom. The number of anilines is 1. The lowest BCUT2D eigenvalue weighted by molar-refractivity contribution is -0.115. The molecule has 3 rings (SSSR count). The van der Waals surface area contributed by atoms with E-state index in [-0.39, 0.29) is 17.2 Å². The molecule has 0 unspecified atom stereocenters. The molecule has 2 aromatic carbocycles. The van der Waals surface area contributed by atoms with Gasteiger partial charge >= 0.3 is 0 Å². The van der Waals surface area contributed by atoms with Gasteiger partial charge in [-0.2, -0.15) is 0 Å². The van der Waals surface area contributed by atoms with E-state index < -0.39 is 10.0 Å². The summed E-state index contributed by atoms with van der Waals surface area (Å²) in [5, 5.41) is 8.11. The molecule has 1 amide bonds. The number of benzene rings is 2. The van der Waals surface area contributed by atoms with Gasteiger partial charge in [-0.3, -0.25) is 9.69 Å². The molecule has 1 saturated carbocycles. The van der Waals surface area contributed by atoms with Crippen LogP contribution in [0, 0.1) is 0 Å². The van der Waals surface area contributed by atoms with Crippen LogP contribution in [0.15, 0.2) is 53.4 Å². The zero-order valence-corrected chi connectivity index (χ0v) is 17.6. The summed E-state index contributed by atoms with van der Waals surface area (Å²) in [6, 6.07) is 14.6. The second-order valence-electron chi connectivity index (χ2n) is 7.78. The first kappa shape index (κ1) is 21.5. The Morgan fingerprint density at radius 2 is 1.72 bits per heavy atom. The van der Waals surface area contributed by atoms with Gasteiger partial charge in [-0.25, -0.2) is 13.6 Å². The Bertz CT molecular complexity index is 936. The highest BCUT2D eigenvalue weighted by Crippen LogP contribution is 2.25. The van der Waals surface area contributed by atoms with Gasteiger partial charge in [0.05, 0.1) is 11.3 Å². The maximum atomic E-state index is 12.5. The van der Waals surface area contributed by atoms with Crippen molar-refractivity contribution >= 4 is 21.6 Å². The first-order chi connectivity index (χ1) is 13.8. The third-order valence-corrected chi connectivity index (χ3v) is 6.46. The molecule has 6 nitrogen and oxygen atoms in total. The Morgan fingerprint density at radius 1 is 1.07 bits per heavy atom. The van der Waals surface area contributed by atoms with Gasteiger partial charge in [-0.05, 0) is 49.2 Å². The summed E-state index contributed by atoms with van der Waals surface area (Å²) in [7, 11) is -1.57. The molecular formula is C22H29N3O3S. The van der Waals surface area contributed by atoms with Crippen LogP contribution in [-0.2, 0) is 27.8 Å². The van der Waals surface area contributed by atoms with Gasteiger partial charge in [-0.1, -0.05) is 49.6 Å². The van der Waals surface area contributed by atoms with Gasteiger partial charge in [0.2, 0.25) is 15.9 Å². The molecule has 0 heterocycles. The van der Waals surface area contributed by atoms with Crippen LogP contribution in [0.25, 0.3) is 0 Å². The summed E-state index contributed by atoms with van der Waals surface area (Å²) in [5.74, 6) is -0.138. The maximum absolute atomic E-state index is 12.5. The molecule has 0 spiro atoms. The summed E-state index contributed by atoms with van der Waals surface area (Å²) in [4.78, 5) is 15.0. The van der Waals surface area contributed by atoms with Crippen LogP contribution in [0.3, 0.4) is 0 Å². The SMILES string of the molecule is CN(Cc1ccccc1NC(=O)Cc1ccc(S(N)(=O)=O)cc1)C1CCCCC1. The molecule has 1 aliphatic rings. The van der Waals surface area contributed by atoms with E-state index in [1.54, 1.807) is 12.1 Å². The molecule has 1 aliphatic carbocycles. The minimum absolute atomic E-state index is 0.0396. The van der Waals surface area contributed by atoms with Crippen LogP contribution in [0.5, 0.6) is 0 Å². The Balaban J connectivity index is 1.63. The number of nitrogens with two attached hydrogens (primary N) is 1. The fourth-order valence-corrected chi connectivity index (χ4v) is 4.39. The predicted molar refractivity (Wildman–Crippen MR) is 115 cm³/mol. The summed E-state index contributed by atoms with van der Waals surface area (Å²) in [5.41, 5.74) is 2.64. The van der Waals surface area contributed by atoms with E-state index in [1.807, 2.05) is 18.2 Å². The molecule has 0 radical (unpaired) electrons. The van der Waals surface area contributed by atoms with Crippen molar-refractivity contribution in [3.05, 3.63) is 59.7 Å². The molecular weight excluding hydrogens is 386 g/mol. The van der Waals surface area contributed by atoms with Gasteiger partial charge in [0.1, 0.15) is 0 Å². The number of hydrogen-bond acceptors (Lipinski definition) is 4. The van der Waals surface area contributed by atoms with Crippen molar-refractivity contribution in [1.29, 1.82) is 0 Å². The highest BCUT2D eigenvalue weighted by molar-refractivity contribution is 7.89. The zero-order valence-electron chi connectivity index (χ0n) is 16.8. The van der Waals surface area contributed by atoms with Crippen LogP contribution in [0.1, 0.15) is 43.2 Å². The summed E-state index contributed by atoms with van der Waals surface area (Å²) in [6.45, 7) is 0.796. The number of nitrogens with zero attached hydrogens (tertiary/aromatic N) is 1. The quantitative estimate of drug-likeness (QED) is 0.726. The second kappa shape index (κ2) is 9.52. The van der Waals surface area contributed by atoms with E-state index in [2.05, 4.69) is 23.3 Å². The fraction of sp³-hybridized carbons (Fsp3) is 0.409. The number of hydrogen-bond donors (Lipinski definition) is 2. The Labute approximate surface area is 173 Å². The Hall–Kier alpha value is -2.22. The topological polar surface area (TPSA) is 92.5 Å². The van der Waals surface area contributed by atoms with Crippen LogP contribution in [0.4, 0.5) is 5.69 Å². The summed E-state index contributed by atoms with van der Waals surface area (Å²) >= 11 is 0. The van der Waals surface area contributed by atoms with Crippen LogP contribution in [0.2, 0.25) is 0 Å². The lowest BCUT2D eigenvalue weighted by Gasteiger charge is -2.31. The monoisotopic (exact) mass is 415 g/mol. The average Bonchev–Trinajstić information content (AvgIpc) is 2.70. The van der Waals surface area contributed by atoms with E-state index in [0.717, 1.165) is 23.4 Å². The van der Waals surface area contributed by atoms with Crippen molar-refractivity contribution in [3.8, 4) is 0 Å². The second-order valence-corrected chi connectivity index (χ2v) is 9.34. The minimum Gasteiger partial charge on any atom is -0.325 e. The van der Waals surface area contributed by atoms with E-state index in [4.69, 9.17) is 5.14 Å². The molecule has 156 valence electrons. The van der Waals surface area contributed by atoms with Gasteiger partial charge in [-0.15, -0.1) is 0 Å².